The van der Waals surface area contributed by atoms with E-state index in [0.29, 0.717) is 18.9 Å². The molecule has 0 radical (unpaired) electrons. The summed E-state index contributed by atoms with van der Waals surface area (Å²) >= 11 is 0. The Morgan fingerprint density at radius 2 is 1.79 bits per heavy atom. The topological polar surface area (TPSA) is 113 Å². The lowest BCUT2D eigenvalue weighted by molar-refractivity contribution is -0.144. The summed E-state index contributed by atoms with van der Waals surface area (Å²) in [6.07, 6.45) is -3.43. The normalized spacial score (nSPS) is 16.2. The van der Waals surface area contributed by atoms with Crippen molar-refractivity contribution in [2.45, 2.75) is 11.1 Å². The van der Waals surface area contributed by atoms with Gasteiger partial charge in [-0.25, -0.2) is 18.4 Å². The van der Waals surface area contributed by atoms with E-state index < -0.39 is 22.0 Å². The highest BCUT2D eigenvalue weighted by Gasteiger charge is 2.36. The summed E-state index contributed by atoms with van der Waals surface area (Å²) < 4.78 is 70.9. The molecule has 0 atom stereocenters. The number of nitrogens with one attached hydrogen (secondary N) is 2. The van der Waals surface area contributed by atoms with Gasteiger partial charge in [0.15, 0.2) is 5.65 Å². The van der Waals surface area contributed by atoms with Crippen LogP contribution in [0.15, 0.2) is 35.4 Å². The van der Waals surface area contributed by atoms with Crippen molar-refractivity contribution in [1.82, 2.24) is 24.5 Å². The van der Waals surface area contributed by atoms with Gasteiger partial charge in [0, 0.05) is 18.8 Å². The maximum Gasteiger partial charge on any atom is 0.451 e. The number of morpholine rings is 1. The van der Waals surface area contributed by atoms with Crippen LogP contribution in [-0.2, 0) is 20.9 Å². The van der Waals surface area contributed by atoms with Gasteiger partial charge in [0.25, 0.3) is 0 Å². The van der Waals surface area contributed by atoms with Crippen LogP contribution < -0.4 is 5.32 Å². The second-order valence-electron chi connectivity index (χ2n) is 6.19. The van der Waals surface area contributed by atoms with Gasteiger partial charge < -0.3 is 10.1 Å². The van der Waals surface area contributed by atoms with Gasteiger partial charge in [-0.2, -0.15) is 22.6 Å². The molecule has 0 unspecified atom stereocenters. The molecule has 1 aromatic carbocycles. The summed E-state index contributed by atoms with van der Waals surface area (Å²) in [6.45, 7) is 1.19. The van der Waals surface area contributed by atoms with Crippen LogP contribution in [0.4, 0.5) is 24.7 Å². The highest BCUT2D eigenvalue weighted by molar-refractivity contribution is 7.89. The summed E-state index contributed by atoms with van der Waals surface area (Å²) in [5.74, 6) is -1.41. The Bertz CT molecular complexity index is 1130. The van der Waals surface area contributed by atoms with Gasteiger partial charge in [0.2, 0.25) is 15.8 Å². The first-order valence-electron chi connectivity index (χ1n) is 8.48. The summed E-state index contributed by atoms with van der Waals surface area (Å²) in [4.78, 5) is 7.04. The fourth-order valence-corrected chi connectivity index (χ4v) is 4.25. The molecule has 2 aromatic heterocycles. The number of fused-ring (bicyclic) bond motifs is 1. The zero-order valence-corrected chi connectivity index (χ0v) is 15.6. The number of ether oxygens (including phenoxy) is 1. The number of alkyl halides is 3. The van der Waals surface area contributed by atoms with Gasteiger partial charge >= 0.3 is 6.18 Å². The van der Waals surface area contributed by atoms with Crippen molar-refractivity contribution < 1.29 is 26.3 Å². The number of benzene rings is 1. The minimum atomic E-state index is -4.73. The van der Waals surface area contributed by atoms with Crippen LogP contribution >= 0.6 is 0 Å². The molecule has 9 nitrogen and oxygen atoms in total. The smallest absolute Gasteiger partial charge is 0.379 e. The van der Waals surface area contributed by atoms with Gasteiger partial charge in [-0.1, -0.05) is 0 Å². The van der Waals surface area contributed by atoms with Crippen molar-refractivity contribution >= 4 is 32.6 Å². The Kier molecular flexibility index (Phi) is 4.88. The third-order valence-electron chi connectivity index (χ3n) is 4.29. The van der Waals surface area contributed by atoms with Gasteiger partial charge in [0.05, 0.1) is 29.7 Å². The van der Waals surface area contributed by atoms with E-state index in [2.05, 4.69) is 25.5 Å². The fraction of sp³-hybridized carbons (Fsp3) is 0.312. The number of nitrogens with zero attached hydrogens (tertiary/aromatic N) is 4. The monoisotopic (exact) mass is 428 g/mol. The Morgan fingerprint density at radius 3 is 2.45 bits per heavy atom. The zero-order valence-electron chi connectivity index (χ0n) is 14.8. The standard InChI is InChI=1S/C16H15F3N6O3S/c17-16(18,19)15-22-13(12-9-20-24-14(12)23-15)21-10-1-3-11(4-2-10)29(26,27)25-5-7-28-8-6-25/h1-4,9H,5-8H2,(H2,20,21,22,23,24). The molecule has 4 rings (SSSR count). The molecule has 1 fully saturated rings. The first-order chi connectivity index (χ1) is 13.7. The molecule has 1 aliphatic rings. The van der Waals surface area contributed by atoms with Gasteiger partial charge in [-0.3, -0.25) is 5.10 Å². The minimum Gasteiger partial charge on any atom is -0.379 e. The van der Waals surface area contributed by atoms with Crippen LogP contribution in [0.5, 0.6) is 0 Å². The maximum atomic E-state index is 13.0. The lowest BCUT2D eigenvalue weighted by atomic mass is 10.3. The SMILES string of the molecule is O=S(=O)(c1ccc(Nc2nc(C(F)(F)F)nc3[nH]ncc23)cc1)N1CCOCC1. The molecule has 3 heterocycles. The Labute approximate surface area is 163 Å². The number of anilines is 2. The number of sulfonamides is 1. The molecule has 2 N–H and O–H groups in total. The van der Waals surface area contributed by atoms with Gasteiger partial charge in [0.1, 0.15) is 5.82 Å². The molecule has 0 saturated carbocycles. The number of halogens is 3. The van der Waals surface area contributed by atoms with E-state index in [0.717, 1.165) is 0 Å². The average molecular weight is 428 g/mol. The fourth-order valence-electron chi connectivity index (χ4n) is 2.84. The van der Waals surface area contributed by atoms with E-state index in [1.54, 1.807) is 0 Å². The molecule has 154 valence electrons. The second-order valence-corrected chi connectivity index (χ2v) is 8.13. The van der Waals surface area contributed by atoms with E-state index in [1.165, 1.54) is 34.8 Å². The maximum absolute atomic E-state index is 13.0. The number of H-pyrrole nitrogens is 1. The number of hydrogen-bond donors (Lipinski definition) is 2. The largest absolute Gasteiger partial charge is 0.451 e. The van der Waals surface area contributed by atoms with Crippen LogP contribution in [0.2, 0.25) is 0 Å². The molecule has 3 aromatic rings. The Morgan fingerprint density at radius 1 is 1.10 bits per heavy atom. The molecular formula is C16H15F3N6O3S. The highest BCUT2D eigenvalue weighted by atomic mass is 32.2. The highest BCUT2D eigenvalue weighted by Crippen LogP contribution is 2.31. The molecule has 29 heavy (non-hydrogen) atoms. The van der Waals surface area contributed by atoms with Crippen molar-refractivity contribution in [1.29, 1.82) is 0 Å². The number of hydrogen-bond acceptors (Lipinski definition) is 7. The average Bonchev–Trinajstić information content (AvgIpc) is 3.17. The lowest BCUT2D eigenvalue weighted by Gasteiger charge is -2.26. The summed E-state index contributed by atoms with van der Waals surface area (Å²) in [6, 6.07) is 5.67. The first-order valence-corrected chi connectivity index (χ1v) is 9.92. The van der Waals surface area contributed by atoms with Crippen LogP contribution in [0.1, 0.15) is 5.82 Å². The summed E-state index contributed by atoms with van der Waals surface area (Å²) in [7, 11) is -3.67. The van der Waals surface area contributed by atoms with Crippen molar-refractivity contribution in [2.24, 2.45) is 0 Å². The predicted octanol–water partition coefficient (Wildman–Crippen LogP) is 2.14. The van der Waals surface area contributed by atoms with E-state index in [4.69, 9.17) is 4.74 Å². The van der Waals surface area contributed by atoms with Crippen LogP contribution in [-0.4, -0.2) is 59.2 Å². The number of aromatic nitrogens is 4. The van der Waals surface area contributed by atoms with Crippen molar-refractivity contribution in [3.8, 4) is 0 Å². The first kappa shape index (κ1) is 19.5. The Hall–Kier alpha value is -2.77. The van der Waals surface area contributed by atoms with Crippen LogP contribution in [0.25, 0.3) is 11.0 Å². The molecule has 0 aliphatic carbocycles. The lowest BCUT2D eigenvalue weighted by Crippen LogP contribution is -2.40. The molecule has 1 aliphatic heterocycles. The molecule has 0 spiro atoms. The number of rotatable bonds is 4. The predicted molar refractivity (Wildman–Crippen MR) is 96.0 cm³/mol. The Balaban J connectivity index is 1.62. The van der Waals surface area contributed by atoms with E-state index in [1.807, 2.05) is 0 Å². The summed E-state index contributed by atoms with van der Waals surface area (Å²) in [5, 5.41) is 9.11. The third kappa shape index (κ3) is 3.88. The molecule has 0 amide bonds. The third-order valence-corrected chi connectivity index (χ3v) is 6.20. The zero-order chi connectivity index (χ0) is 20.6. The van der Waals surface area contributed by atoms with Crippen molar-refractivity contribution in [3.05, 3.63) is 36.3 Å². The summed E-state index contributed by atoms with van der Waals surface area (Å²) in [5.41, 5.74) is 0.293. The van der Waals surface area contributed by atoms with E-state index >= 15 is 0 Å². The van der Waals surface area contributed by atoms with Gasteiger partial charge in [-0.15, -0.1) is 0 Å². The quantitative estimate of drug-likeness (QED) is 0.655. The van der Waals surface area contributed by atoms with E-state index in [-0.39, 0.29) is 34.8 Å². The minimum absolute atomic E-state index is 0.0682. The molecular weight excluding hydrogens is 413 g/mol. The van der Waals surface area contributed by atoms with E-state index in [9.17, 15) is 21.6 Å². The number of aromatic amines is 1. The molecule has 0 bridgehead atoms. The van der Waals surface area contributed by atoms with Crippen molar-refractivity contribution in [3.63, 3.8) is 0 Å². The van der Waals surface area contributed by atoms with Gasteiger partial charge in [-0.05, 0) is 24.3 Å². The van der Waals surface area contributed by atoms with Crippen LogP contribution in [0, 0.1) is 0 Å². The molecule has 1 saturated heterocycles. The van der Waals surface area contributed by atoms with Crippen molar-refractivity contribution in [2.75, 3.05) is 31.6 Å². The molecule has 13 heteroatoms. The van der Waals surface area contributed by atoms with Crippen LogP contribution in [0.3, 0.4) is 0 Å². The second kappa shape index (κ2) is 7.24.